The van der Waals surface area contributed by atoms with E-state index in [0.29, 0.717) is 27.9 Å². The van der Waals surface area contributed by atoms with Crippen LogP contribution < -0.4 is 0 Å². The van der Waals surface area contributed by atoms with Crippen LogP contribution in [0.1, 0.15) is 105 Å². The standard InChI is InChI=1S/C27H44O/c1-17(2)7-6-8-18(3)20-9-10-21-19-11-15-27-16-13-23(28)24(27)26(27,5)22(19)12-14-25(20,21)4/h17-22,24H,6-16H2,1-5H3/t18-,19+,20-,21-,22+,24-,25-,26-,27+/m1/s1. The van der Waals surface area contributed by atoms with E-state index in [4.69, 9.17) is 0 Å². The Morgan fingerprint density at radius 3 is 2.46 bits per heavy atom. The van der Waals surface area contributed by atoms with Gasteiger partial charge >= 0.3 is 0 Å². The molecule has 0 bridgehead atoms. The van der Waals surface area contributed by atoms with Gasteiger partial charge in [-0.1, -0.05) is 53.9 Å². The van der Waals surface area contributed by atoms with Gasteiger partial charge < -0.3 is 0 Å². The van der Waals surface area contributed by atoms with E-state index in [9.17, 15) is 4.79 Å². The van der Waals surface area contributed by atoms with Crippen LogP contribution in [0.4, 0.5) is 0 Å². The smallest absolute Gasteiger partial charge is 0.137 e. The van der Waals surface area contributed by atoms with Crippen LogP contribution in [-0.2, 0) is 4.79 Å². The Hall–Kier alpha value is -0.330. The third-order valence-electron chi connectivity index (χ3n) is 11.6. The van der Waals surface area contributed by atoms with Gasteiger partial charge in [-0.2, -0.15) is 0 Å². The Morgan fingerprint density at radius 2 is 1.71 bits per heavy atom. The predicted octanol–water partition coefficient (Wildman–Crippen LogP) is 7.29. The van der Waals surface area contributed by atoms with Crippen molar-refractivity contribution in [2.24, 2.45) is 57.7 Å². The predicted molar refractivity (Wildman–Crippen MR) is 116 cm³/mol. The maximum absolute atomic E-state index is 12.6. The van der Waals surface area contributed by atoms with Crippen LogP contribution in [0.15, 0.2) is 0 Å². The van der Waals surface area contributed by atoms with E-state index in [1.54, 1.807) is 0 Å². The minimum atomic E-state index is 0.396. The SMILES string of the molecule is CC(C)CCC[C@@H](C)[C@H]1CC[C@@H]2[C@@H]3CC[C@]45CCC(=O)[C@@H]4[C@@]5(C)[C@H]3CC[C@@]21C. The zero-order chi connectivity index (χ0) is 19.9. The van der Waals surface area contributed by atoms with E-state index >= 15 is 0 Å². The lowest BCUT2D eigenvalue weighted by Crippen LogP contribution is -2.48. The number of carbonyl (C=O) groups excluding carboxylic acids is 1. The van der Waals surface area contributed by atoms with Crippen LogP contribution in [0.25, 0.3) is 0 Å². The highest BCUT2D eigenvalue weighted by Crippen LogP contribution is 2.85. The zero-order valence-electron chi connectivity index (χ0n) is 19.2. The lowest BCUT2D eigenvalue weighted by molar-refractivity contribution is -0.121. The molecule has 0 saturated heterocycles. The average molecular weight is 385 g/mol. The van der Waals surface area contributed by atoms with Gasteiger partial charge in [-0.3, -0.25) is 4.79 Å². The van der Waals surface area contributed by atoms with E-state index in [1.807, 2.05) is 0 Å². The number of rotatable bonds is 5. The molecule has 0 N–H and O–H groups in total. The molecule has 5 saturated carbocycles. The summed E-state index contributed by atoms with van der Waals surface area (Å²) >= 11 is 0. The quantitative estimate of drug-likeness (QED) is 0.486. The highest BCUT2D eigenvalue weighted by Gasteiger charge is 2.82. The number of fused-ring (bicyclic) bond motifs is 5. The van der Waals surface area contributed by atoms with Crippen LogP contribution in [-0.4, -0.2) is 5.78 Å². The summed E-state index contributed by atoms with van der Waals surface area (Å²) in [6.45, 7) is 12.6. The first kappa shape index (κ1) is 19.6. The van der Waals surface area contributed by atoms with Crippen LogP contribution in [0.2, 0.25) is 0 Å². The molecule has 9 atom stereocenters. The third-order valence-corrected chi connectivity index (χ3v) is 11.6. The second-order valence-corrected chi connectivity index (χ2v) is 12.8. The highest BCUT2D eigenvalue weighted by atomic mass is 16.1. The molecular formula is C27H44O. The zero-order valence-corrected chi connectivity index (χ0v) is 19.2. The lowest BCUT2D eigenvalue weighted by atomic mass is 9.50. The van der Waals surface area contributed by atoms with Crippen molar-refractivity contribution in [2.75, 3.05) is 0 Å². The van der Waals surface area contributed by atoms with Crippen LogP contribution >= 0.6 is 0 Å². The fraction of sp³-hybridized carbons (Fsp3) is 0.963. The molecule has 5 rings (SSSR count). The van der Waals surface area contributed by atoms with E-state index < -0.39 is 0 Å². The molecule has 0 radical (unpaired) electrons. The van der Waals surface area contributed by atoms with Crippen LogP contribution in [0, 0.1) is 57.7 Å². The van der Waals surface area contributed by atoms with E-state index in [0.717, 1.165) is 41.9 Å². The summed E-state index contributed by atoms with van der Waals surface area (Å²) in [4.78, 5) is 12.6. The van der Waals surface area contributed by atoms with Gasteiger partial charge in [-0.15, -0.1) is 0 Å². The van der Waals surface area contributed by atoms with E-state index in [2.05, 4.69) is 34.6 Å². The van der Waals surface area contributed by atoms with E-state index in [1.165, 1.54) is 64.2 Å². The lowest BCUT2D eigenvalue weighted by Gasteiger charge is -2.55. The second-order valence-electron chi connectivity index (χ2n) is 12.8. The maximum atomic E-state index is 12.6. The molecule has 158 valence electrons. The summed E-state index contributed by atoms with van der Waals surface area (Å²) < 4.78 is 0. The fourth-order valence-corrected chi connectivity index (χ4v) is 10.3. The van der Waals surface area contributed by atoms with Gasteiger partial charge in [0.1, 0.15) is 5.78 Å². The van der Waals surface area contributed by atoms with Gasteiger partial charge in [0, 0.05) is 12.3 Å². The summed E-state index contributed by atoms with van der Waals surface area (Å²) in [6.07, 6.45) is 15.1. The molecule has 0 heterocycles. The molecule has 1 heteroatoms. The molecule has 5 aliphatic rings. The molecule has 0 aromatic heterocycles. The van der Waals surface area contributed by atoms with Gasteiger partial charge in [0.15, 0.2) is 0 Å². The Bertz CT molecular complexity index is 651. The summed E-state index contributed by atoms with van der Waals surface area (Å²) in [7, 11) is 0. The first-order valence-electron chi connectivity index (χ1n) is 12.8. The molecule has 28 heavy (non-hydrogen) atoms. The van der Waals surface area contributed by atoms with Crippen LogP contribution in [0.3, 0.4) is 0 Å². The first-order valence-corrected chi connectivity index (χ1v) is 12.8. The minimum absolute atomic E-state index is 0.396. The van der Waals surface area contributed by atoms with Crippen molar-refractivity contribution in [1.82, 2.24) is 0 Å². The molecule has 0 aromatic carbocycles. The normalized spacial score (nSPS) is 52.8. The number of ketones is 1. The Balaban J connectivity index is 1.32. The van der Waals surface area contributed by atoms with Crippen molar-refractivity contribution in [3.05, 3.63) is 0 Å². The van der Waals surface area contributed by atoms with E-state index in [-0.39, 0.29) is 0 Å². The molecule has 0 unspecified atom stereocenters. The fourth-order valence-electron chi connectivity index (χ4n) is 10.3. The molecule has 0 aliphatic heterocycles. The molecule has 0 amide bonds. The van der Waals surface area contributed by atoms with Crippen molar-refractivity contribution < 1.29 is 4.79 Å². The molecule has 5 fully saturated rings. The van der Waals surface area contributed by atoms with Crippen molar-refractivity contribution in [3.63, 3.8) is 0 Å². The summed E-state index contributed by atoms with van der Waals surface area (Å²) in [5.41, 5.74) is 1.45. The number of hydrogen-bond donors (Lipinski definition) is 0. The Labute approximate surface area is 173 Å². The topological polar surface area (TPSA) is 17.1 Å². The van der Waals surface area contributed by atoms with Gasteiger partial charge in [0.05, 0.1) is 0 Å². The average Bonchev–Trinajstić information content (AvgIpc) is 2.87. The number of Topliss-reactive ketones (excluding diaryl/α,β-unsaturated/α-hetero) is 1. The monoisotopic (exact) mass is 384 g/mol. The molecule has 5 aliphatic carbocycles. The number of hydrogen-bond acceptors (Lipinski definition) is 1. The highest BCUT2D eigenvalue weighted by molar-refractivity contribution is 5.90. The molecular weight excluding hydrogens is 340 g/mol. The van der Waals surface area contributed by atoms with Gasteiger partial charge in [0.2, 0.25) is 0 Å². The van der Waals surface area contributed by atoms with Crippen molar-refractivity contribution in [3.8, 4) is 0 Å². The summed E-state index contributed by atoms with van der Waals surface area (Å²) in [6, 6.07) is 0. The first-order chi connectivity index (χ1) is 13.3. The minimum Gasteiger partial charge on any atom is -0.299 e. The Morgan fingerprint density at radius 1 is 0.929 bits per heavy atom. The summed E-state index contributed by atoms with van der Waals surface area (Å²) in [5, 5.41) is 0. The largest absolute Gasteiger partial charge is 0.299 e. The van der Waals surface area contributed by atoms with Crippen molar-refractivity contribution in [1.29, 1.82) is 0 Å². The van der Waals surface area contributed by atoms with Gasteiger partial charge in [-0.05, 0) is 96.7 Å². The number of carbonyl (C=O) groups is 1. The molecule has 0 aromatic rings. The molecule has 1 nitrogen and oxygen atoms in total. The maximum Gasteiger partial charge on any atom is 0.137 e. The van der Waals surface area contributed by atoms with Crippen molar-refractivity contribution >= 4 is 5.78 Å². The van der Waals surface area contributed by atoms with Crippen LogP contribution in [0.5, 0.6) is 0 Å². The second kappa shape index (κ2) is 6.34. The third kappa shape index (κ3) is 2.34. The van der Waals surface area contributed by atoms with Crippen molar-refractivity contribution in [2.45, 2.75) is 105 Å². The van der Waals surface area contributed by atoms with Gasteiger partial charge in [0.25, 0.3) is 0 Å². The van der Waals surface area contributed by atoms with Gasteiger partial charge in [-0.25, -0.2) is 0 Å². The Kier molecular flexibility index (Phi) is 4.44. The molecule has 1 spiro atoms. The summed E-state index contributed by atoms with van der Waals surface area (Å²) in [5.74, 6) is 6.56.